The van der Waals surface area contributed by atoms with Crippen molar-refractivity contribution in [1.29, 1.82) is 0 Å². The van der Waals surface area contributed by atoms with E-state index in [1.54, 1.807) is 6.92 Å². The molecule has 0 spiro atoms. The van der Waals surface area contributed by atoms with Crippen molar-refractivity contribution < 1.29 is 68.8 Å². The maximum atomic E-state index is 13.9. The molecule has 0 saturated carbocycles. The van der Waals surface area contributed by atoms with Gasteiger partial charge in [-0.2, -0.15) is 0 Å². The molecule has 0 radical (unpaired) electrons. The number of hydrogen-bond donors (Lipinski definition) is 6. The van der Waals surface area contributed by atoms with Crippen molar-refractivity contribution in [2.24, 2.45) is 0 Å². The molecule has 6 N–H and O–H groups in total. The number of esters is 2. The summed E-state index contributed by atoms with van der Waals surface area (Å²) in [6, 6.07) is 7.69. The first-order chi connectivity index (χ1) is 22.7. The Morgan fingerprint density at radius 3 is 1.25 bits per heavy atom. The van der Waals surface area contributed by atoms with Gasteiger partial charge in [0.05, 0.1) is 60.5 Å². The zero-order valence-corrected chi connectivity index (χ0v) is 26.7. The lowest BCUT2D eigenvalue weighted by Gasteiger charge is -2.21. The fourth-order valence-electron chi connectivity index (χ4n) is 4.92. The molecule has 0 fully saturated rings. The van der Waals surface area contributed by atoms with E-state index in [1.807, 2.05) is 0 Å². The van der Waals surface area contributed by atoms with E-state index in [-0.39, 0.29) is 5.75 Å². The summed E-state index contributed by atoms with van der Waals surface area (Å²) in [5.74, 6) is -9.60. The van der Waals surface area contributed by atoms with Crippen molar-refractivity contribution in [2.75, 3.05) is 28.4 Å². The normalized spacial score (nSPS) is 10.7. The lowest BCUT2D eigenvalue weighted by atomic mass is 9.94. The topological polar surface area (TPSA) is 227 Å². The van der Waals surface area contributed by atoms with Crippen LogP contribution in [0.1, 0.15) is 58.1 Å². The third-order valence-electron chi connectivity index (χ3n) is 7.04. The SMILES string of the molecule is COC(=O)c1c(Sc2c(O)cc(OC)c(C(=O)c3c(O)cc(C)cc3O)c2C(=O)OC)c(O)cc(OC)c1C(=O)c1c(O)cccc1O. The largest absolute Gasteiger partial charge is 0.507 e. The number of aromatic hydroxyl groups is 6. The number of carbonyl (C=O) groups is 4. The maximum absolute atomic E-state index is 13.9. The van der Waals surface area contributed by atoms with Crippen LogP contribution in [0.2, 0.25) is 0 Å². The van der Waals surface area contributed by atoms with Crippen LogP contribution in [0.4, 0.5) is 0 Å². The smallest absolute Gasteiger partial charge is 0.340 e. The number of phenolic OH excluding ortho intramolecular Hbond substituents is 6. The van der Waals surface area contributed by atoms with Crippen LogP contribution in [0.15, 0.2) is 52.3 Å². The van der Waals surface area contributed by atoms with E-state index in [9.17, 15) is 49.8 Å². The number of carbonyl (C=O) groups excluding carboxylic acids is 4. The molecule has 4 rings (SSSR count). The number of phenols is 6. The molecule has 0 heterocycles. The zero-order chi connectivity index (χ0) is 35.6. The molecular formula is C33H28O14S. The number of aryl methyl sites for hydroxylation is 1. The van der Waals surface area contributed by atoms with Gasteiger partial charge in [-0.3, -0.25) is 9.59 Å². The second kappa shape index (κ2) is 13.7. The van der Waals surface area contributed by atoms with E-state index in [4.69, 9.17) is 18.9 Å². The Hall–Kier alpha value is -6.09. The summed E-state index contributed by atoms with van der Waals surface area (Å²) in [5, 5.41) is 64.3. The van der Waals surface area contributed by atoms with Gasteiger partial charge < -0.3 is 49.6 Å². The molecule has 0 aromatic heterocycles. The Morgan fingerprint density at radius 2 is 0.896 bits per heavy atom. The number of benzene rings is 4. The van der Waals surface area contributed by atoms with Crippen molar-refractivity contribution in [3.63, 3.8) is 0 Å². The third-order valence-corrected chi connectivity index (χ3v) is 8.28. The second-order valence-corrected chi connectivity index (χ2v) is 11.0. The van der Waals surface area contributed by atoms with Crippen LogP contribution in [-0.4, -0.2) is 82.6 Å². The van der Waals surface area contributed by atoms with Gasteiger partial charge in [0.2, 0.25) is 11.6 Å². The van der Waals surface area contributed by atoms with Gasteiger partial charge in [-0.15, -0.1) is 0 Å². The van der Waals surface area contributed by atoms with Gasteiger partial charge in [-0.1, -0.05) is 17.8 Å². The molecule has 0 amide bonds. The predicted molar refractivity (Wildman–Crippen MR) is 167 cm³/mol. The van der Waals surface area contributed by atoms with Crippen molar-refractivity contribution in [1.82, 2.24) is 0 Å². The lowest BCUT2D eigenvalue weighted by Crippen LogP contribution is -2.16. The molecule has 0 saturated heterocycles. The van der Waals surface area contributed by atoms with Crippen LogP contribution in [0.25, 0.3) is 0 Å². The Morgan fingerprint density at radius 1 is 0.521 bits per heavy atom. The third kappa shape index (κ3) is 6.05. The molecule has 4 aromatic carbocycles. The summed E-state index contributed by atoms with van der Waals surface area (Å²) in [7, 11) is 4.15. The molecule has 0 aliphatic carbocycles. The Bertz CT molecular complexity index is 1960. The molecule has 250 valence electrons. The standard InChI is InChI=1S/C33H28O14S/c1-13-9-16(36)23(17(37)10-13)29(41)25-21(45-3)12-19(39)31(27(25)33(43)47-5)48-30-18(38)11-20(44-2)24(26(30)32(42)46-4)28(40)22-14(34)7-6-8-15(22)35/h6-12,34-39H,1-5H3. The molecule has 15 heteroatoms. The van der Waals surface area contributed by atoms with Crippen molar-refractivity contribution in [3.8, 4) is 46.0 Å². The second-order valence-electron chi connectivity index (χ2n) is 9.95. The number of ether oxygens (including phenoxy) is 4. The monoisotopic (exact) mass is 680 g/mol. The fraction of sp³-hybridized carbons (Fsp3) is 0.152. The molecule has 48 heavy (non-hydrogen) atoms. The van der Waals surface area contributed by atoms with Gasteiger partial charge in [0.1, 0.15) is 57.1 Å². The number of hydrogen-bond acceptors (Lipinski definition) is 15. The van der Waals surface area contributed by atoms with E-state index in [0.29, 0.717) is 17.3 Å². The number of rotatable bonds is 10. The van der Waals surface area contributed by atoms with Crippen molar-refractivity contribution in [2.45, 2.75) is 16.7 Å². The Kier molecular flexibility index (Phi) is 9.94. The summed E-state index contributed by atoms with van der Waals surface area (Å²) < 4.78 is 20.3. The Balaban J connectivity index is 2.10. The van der Waals surface area contributed by atoms with Crippen molar-refractivity contribution in [3.05, 3.63) is 81.4 Å². The van der Waals surface area contributed by atoms with Crippen LogP contribution in [0, 0.1) is 6.92 Å². The van der Waals surface area contributed by atoms with Crippen LogP contribution < -0.4 is 9.47 Å². The zero-order valence-electron chi connectivity index (χ0n) is 25.9. The molecule has 4 aromatic rings. The molecular weight excluding hydrogens is 652 g/mol. The highest BCUT2D eigenvalue weighted by atomic mass is 32.2. The molecule has 0 atom stereocenters. The molecule has 14 nitrogen and oxygen atoms in total. The molecule has 0 bridgehead atoms. The van der Waals surface area contributed by atoms with E-state index >= 15 is 0 Å². The fourth-order valence-corrected chi connectivity index (χ4v) is 6.03. The predicted octanol–water partition coefficient (Wildman–Crippen LogP) is 4.43. The summed E-state index contributed by atoms with van der Waals surface area (Å²) in [6.07, 6.45) is 0. The number of ketones is 2. The van der Waals surface area contributed by atoms with E-state index in [0.717, 1.165) is 52.7 Å². The van der Waals surface area contributed by atoms with Gasteiger partial charge >= 0.3 is 11.9 Å². The first-order valence-electron chi connectivity index (χ1n) is 13.6. The van der Waals surface area contributed by atoms with E-state index in [2.05, 4.69) is 0 Å². The van der Waals surface area contributed by atoms with E-state index < -0.39 is 107 Å². The summed E-state index contributed by atoms with van der Waals surface area (Å²) in [6.45, 7) is 1.54. The van der Waals surface area contributed by atoms with Crippen LogP contribution in [0.3, 0.4) is 0 Å². The van der Waals surface area contributed by atoms with Gasteiger partial charge in [-0.25, -0.2) is 9.59 Å². The maximum Gasteiger partial charge on any atom is 0.340 e. The highest BCUT2D eigenvalue weighted by Gasteiger charge is 2.36. The van der Waals surface area contributed by atoms with Crippen LogP contribution in [0.5, 0.6) is 46.0 Å². The minimum absolute atomic E-state index is 0.325. The Labute approximate surface area is 276 Å². The van der Waals surface area contributed by atoms with Gasteiger partial charge in [0.25, 0.3) is 0 Å². The quantitative estimate of drug-likeness (QED) is 0.101. The minimum atomic E-state index is -1.23. The van der Waals surface area contributed by atoms with Gasteiger partial charge in [0.15, 0.2) is 0 Å². The summed E-state index contributed by atoms with van der Waals surface area (Å²) in [5.41, 5.74) is -3.40. The summed E-state index contributed by atoms with van der Waals surface area (Å²) in [4.78, 5) is 53.5. The number of methoxy groups -OCH3 is 4. The molecule has 0 aliphatic heterocycles. The molecule has 0 aliphatic rings. The lowest BCUT2D eigenvalue weighted by molar-refractivity contribution is 0.0585. The van der Waals surface area contributed by atoms with Crippen molar-refractivity contribution >= 4 is 35.3 Å². The average molecular weight is 681 g/mol. The van der Waals surface area contributed by atoms with Gasteiger partial charge in [-0.05, 0) is 36.8 Å². The first kappa shape index (κ1) is 34.8. The highest BCUT2D eigenvalue weighted by Crippen LogP contribution is 2.50. The highest BCUT2D eigenvalue weighted by molar-refractivity contribution is 7.99. The van der Waals surface area contributed by atoms with E-state index in [1.165, 1.54) is 18.2 Å². The van der Waals surface area contributed by atoms with Gasteiger partial charge in [0, 0.05) is 12.1 Å². The average Bonchev–Trinajstić information content (AvgIpc) is 3.03. The summed E-state index contributed by atoms with van der Waals surface area (Å²) >= 11 is 0.325. The molecule has 0 unspecified atom stereocenters. The first-order valence-corrected chi connectivity index (χ1v) is 14.4. The van der Waals surface area contributed by atoms with Crippen LogP contribution in [-0.2, 0) is 9.47 Å². The van der Waals surface area contributed by atoms with Crippen LogP contribution >= 0.6 is 11.8 Å². The minimum Gasteiger partial charge on any atom is -0.507 e.